The molecule has 0 aromatic rings. The van der Waals surface area contributed by atoms with Gasteiger partial charge in [0.25, 0.3) is 0 Å². The van der Waals surface area contributed by atoms with E-state index < -0.39 is 17.9 Å². The second kappa shape index (κ2) is 9.30. The summed E-state index contributed by atoms with van der Waals surface area (Å²) in [5.74, 6) is -1.91. The van der Waals surface area contributed by atoms with E-state index >= 15 is 0 Å². The normalized spacial score (nSPS) is 13.7. The van der Waals surface area contributed by atoms with Crippen molar-refractivity contribution in [3.63, 3.8) is 0 Å². The zero-order valence-corrected chi connectivity index (χ0v) is 12.3. The summed E-state index contributed by atoms with van der Waals surface area (Å²) in [5.41, 5.74) is 5.63. The van der Waals surface area contributed by atoms with Gasteiger partial charge in [-0.15, -0.1) is 0 Å². The molecule has 0 aliphatic rings. The van der Waals surface area contributed by atoms with Gasteiger partial charge in [-0.1, -0.05) is 20.8 Å². The van der Waals surface area contributed by atoms with E-state index in [1.807, 2.05) is 13.8 Å². The van der Waals surface area contributed by atoms with Gasteiger partial charge in [0.15, 0.2) is 0 Å². The maximum absolute atomic E-state index is 11.5. The average Bonchev–Trinajstić information content (AvgIpc) is 2.39. The fourth-order valence-electron chi connectivity index (χ4n) is 1.41. The second-order valence-electron chi connectivity index (χ2n) is 5.22. The smallest absolute Gasteiger partial charge is 0.306 e. The third-order valence-electron chi connectivity index (χ3n) is 3.00. The van der Waals surface area contributed by atoms with Crippen LogP contribution >= 0.6 is 0 Å². The molecule has 0 radical (unpaired) electrons. The van der Waals surface area contributed by atoms with Crippen LogP contribution in [0, 0.1) is 11.8 Å². The number of hydrogen-bond donors (Lipinski definition) is 4. The van der Waals surface area contributed by atoms with Crippen molar-refractivity contribution in [2.45, 2.75) is 39.7 Å². The van der Waals surface area contributed by atoms with Crippen LogP contribution in [0.25, 0.3) is 0 Å². The first-order valence-corrected chi connectivity index (χ1v) is 6.78. The molecule has 116 valence electrons. The molecule has 0 fully saturated rings. The van der Waals surface area contributed by atoms with Gasteiger partial charge in [-0.3, -0.25) is 14.4 Å². The fourth-order valence-corrected chi connectivity index (χ4v) is 1.41. The van der Waals surface area contributed by atoms with Gasteiger partial charge >= 0.3 is 5.97 Å². The van der Waals surface area contributed by atoms with E-state index in [1.165, 1.54) is 0 Å². The minimum absolute atomic E-state index is 0.00978. The Bertz CT molecular complexity index is 345. The molecule has 0 heterocycles. The van der Waals surface area contributed by atoms with Crippen molar-refractivity contribution < 1.29 is 19.5 Å². The van der Waals surface area contributed by atoms with Gasteiger partial charge in [-0.05, 0) is 18.8 Å². The van der Waals surface area contributed by atoms with Crippen molar-refractivity contribution in [3.05, 3.63) is 0 Å². The molecular formula is C13H25N3O4. The molecule has 0 rings (SSSR count). The first-order valence-electron chi connectivity index (χ1n) is 6.78. The first kappa shape index (κ1) is 18.4. The minimum Gasteiger partial charge on any atom is -0.481 e. The number of amides is 2. The molecule has 20 heavy (non-hydrogen) atoms. The third-order valence-corrected chi connectivity index (χ3v) is 3.00. The van der Waals surface area contributed by atoms with Crippen LogP contribution in [0.1, 0.15) is 33.6 Å². The lowest BCUT2D eigenvalue weighted by Gasteiger charge is -2.15. The molecule has 7 heteroatoms. The molecular weight excluding hydrogens is 262 g/mol. The lowest BCUT2D eigenvalue weighted by molar-refractivity contribution is -0.141. The van der Waals surface area contributed by atoms with Gasteiger partial charge in [0.1, 0.15) is 0 Å². The van der Waals surface area contributed by atoms with E-state index in [1.54, 1.807) is 6.92 Å². The lowest BCUT2D eigenvalue weighted by atomic mass is 10.1. The highest BCUT2D eigenvalue weighted by Crippen LogP contribution is 2.04. The largest absolute Gasteiger partial charge is 0.481 e. The standard InChI is InChI=1S/C13H25N3O4/c1-8(2)11(14)12(18)16-7-10(17)15-6-4-5-9(3)13(19)20/h8-9,11H,4-7,14H2,1-3H3,(H,15,17)(H,16,18)(H,19,20)/t9?,11-/m0/s1. The minimum atomic E-state index is -0.841. The number of nitrogens with one attached hydrogen (secondary N) is 2. The quantitative estimate of drug-likeness (QED) is 0.434. The highest BCUT2D eigenvalue weighted by Gasteiger charge is 2.17. The number of nitrogens with two attached hydrogens (primary N) is 1. The van der Waals surface area contributed by atoms with E-state index in [-0.39, 0.29) is 24.3 Å². The molecule has 0 spiro atoms. The summed E-state index contributed by atoms with van der Waals surface area (Å²) in [6, 6.07) is -0.626. The molecule has 5 N–H and O–H groups in total. The van der Waals surface area contributed by atoms with Gasteiger partial charge < -0.3 is 21.5 Å². The predicted molar refractivity (Wildman–Crippen MR) is 74.9 cm³/mol. The Morgan fingerprint density at radius 3 is 2.25 bits per heavy atom. The predicted octanol–water partition coefficient (Wildman–Crippen LogP) is -0.297. The maximum atomic E-state index is 11.5. The van der Waals surface area contributed by atoms with Crippen LogP contribution in [0.2, 0.25) is 0 Å². The summed E-state index contributed by atoms with van der Waals surface area (Å²) in [6.07, 6.45) is 1.08. The van der Waals surface area contributed by atoms with Crippen molar-refractivity contribution in [1.29, 1.82) is 0 Å². The molecule has 0 aliphatic carbocycles. The number of rotatable bonds is 9. The Balaban J connectivity index is 3.75. The number of carboxylic acids is 1. The van der Waals surface area contributed by atoms with E-state index in [0.29, 0.717) is 19.4 Å². The van der Waals surface area contributed by atoms with E-state index in [9.17, 15) is 14.4 Å². The zero-order chi connectivity index (χ0) is 15.7. The number of carbonyl (C=O) groups is 3. The van der Waals surface area contributed by atoms with Crippen LogP contribution in [0.3, 0.4) is 0 Å². The van der Waals surface area contributed by atoms with Gasteiger partial charge in [0.05, 0.1) is 18.5 Å². The molecule has 0 saturated carbocycles. The van der Waals surface area contributed by atoms with Crippen LogP contribution in [-0.4, -0.2) is 42.0 Å². The van der Waals surface area contributed by atoms with Crippen molar-refractivity contribution >= 4 is 17.8 Å². The van der Waals surface area contributed by atoms with Gasteiger partial charge in [0, 0.05) is 6.54 Å². The van der Waals surface area contributed by atoms with Crippen LogP contribution < -0.4 is 16.4 Å². The van der Waals surface area contributed by atoms with Gasteiger partial charge in [-0.25, -0.2) is 0 Å². The summed E-state index contributed by atoms with van der Waals surface area (Å²) in [4.78, 5) is 33.5. The van der Waals surface area contributed by atoms with Crippen molar-refractivity contribution in [1.82, 2.24) is 10.6 Å². The number of aliphatic carboxylic acids is 1. The second-order valence-corrected chi connectivity index (χ2v) is 5.22. The number of hydrogen-bond acceptors (Lipinski definition) is 4. The summed E-state index contributed by atoms with van der Waals surface area (Å²) in [6.45, 7) is 5.55. The lowest BCUT2D eigenvalue weighted by Crippen LogP contribution is -2.47. The monoisotopic (exact) mass is 287 g/mol. The Morgan fingerprint density at radius 1 is 1.15 bits per heavy atom. The Kier molecular flexibility index (Phi) is 8.54. The fraction of sp³-hybridized carbons (Fsp3) is 0.769. The molecule has 0 saturated heterocycles. The molecule has 2 amide bonds. The van der Waals surface area contributed by atoms with Crippen molar-refractivity contribution in [2.75, 3.05) is 13.1 Å². The van der Waals surface area contributed by atoms with Gasteiger partial charge in [-0.2, -0.15) is 0 Å². The summed E-state index contributed by atoms with van der Waals surface area (Å²) in [5, 5.41) is 13.8. The first-order chi connectivity index (χ1) is 9.25. The van der Waals surface area contributed by atoms with Gasteiger partial charge in [0.2, 0.25) is 11.8 Å². The number of carbonyl (C=O) groups excluding carboxylic acids is 2. The summed E-state index contributed by atoms with van der Waals surface area (Å²) >= 11 is 0. The van der Waals surface area contributed by atoms with E-state index in [4.69, 9.17) is 10.8 Å². The molecule has 0 aliphatic heterocycles. The van der Waals surface area contributed by atoms with E-state index in [0.717, 1.165) is 0 Å². The van der Waals surface area contributed by atoms with Crippen LogP contribution in [0.4, 0.5) is 0 Å². The summed E-state index contributed by atoms with van der Waals surface area (Å²) < 4.78 is 0. The Labute approximate surface area is 119 Å². The topological polar surface area (TPSA) is 122 Å². The average molecular weight is 287 g/mol. The number of carboxylic acid groups (broad SMARTS) is 1. The summed E-state index contributed by atoms with van der Waals surface area (Å²) in [7, 11) is 0. The molecule has 2 atom stereocenters. The molecule has 1 unspecified atom stereocenters. The van der Waals surface area contributed by atoms with E-state index in [2.05, 4.69) is 10.6 Å². The molecule has 0 aromatic carbocycles. The van der Waals surface area contributed by atoms with Crippen LogP contribution in [0.5, 0.6) is 0 Å². The zero-order valence-electron chi connectivity index (χ0n) is 12.3. The van der Waals surface area contributed by atoms with Crippen LogP contribution in [0.15, 0.2) is 0 Å². The maximum Gasteiger partial charge on any atom is 0.306 e. The molecule has 0 aromatic heterocycles. The SMILES string of the molecule is CC(CCCNC(=O)CNC(=O)[C@@H](N)C(C)C)C(=O)O. The molecule has 0 bridgehead atoms. The van der Waals surface area contributed by atoms with Crippen molar-refractivity contribution in [3.8, 4) is 0 Å². The molecule has 7 nitrogen and oxygen atoms in total. The highest BCUT2D eigenvalue weighted by molar-refractivity contribution is 5.87. The Hall–Kier alpha value is -1.63. The highest BCUT2D eigenvalue weighted by atomic mass is 16.4. The van der Waals surface area contributed by atoms with Crippen LogP contribution in [-0.2, 0) is 14.4 Å². The Morgan fingerprint density at radius 2 is 1.75 bits per heavy atom. The third kappa shape index (κ3) is 7.73. The van der Waals surface area contributed by atoms with Crippen molar-refractivity contribution in [2.24, 2.45) is 17.6 Å².